The molecule has 0 bridgehead atoms. The van der Waals surface area contributed by atoms with Gasteiger partial charge in [-0.3, -0.25) is 0 Å². The Labute approximate surface area is 103 Å². The van der Waals surface area contributed by atoms with Crippen molar-refractivity contribution in [3.05, 3.63) is 18.0 Å². The monoisotopic (exact) mass is 232 g/mol. The summed E-state index contributed by atoms with van der Waals surface area (Å²) >= 11 is 0. The van der Waals surface area contributed by atoms with Crippen LogP contribution < -0.4 is 5.32 Å². The zero-order valence-corrected chi connectivity index (χ0v) is 10.6. The van der Waals surface area contributed by atoms with Gasteiger partial charge in [0.25, 0.3) is 0 Å². The fraction of sp³-hybridized carbons (Fsp3) is 0.615. The Morgan fingerprint density at radius 2 is 2.29 bits per heavy atom. The number of hydrogen-bond acceptors (Lipinski definition) is 4. The highest BCUT2D eigenvalue weighted by Gasteiger charge is 2.06. The highest BCUT2D eigenvalue weighted by Crippen LogP contribution is 2.13. The average Bonchev–Trinajstić information content (AvgIpc) is 2.39. The minimum atomic E-state index is 0.407. The first-order valence-corrected chi connectivity index (χ1v) is 6.27. The third-order valence-corrected chi connectivity index (χ3v) is 2.86. The van der Waals surface area contributed by atoms with Crippen LogP contribution in [0.15, 0.2) is 12.3 Å². The summed E-state index contributed by atoms with van der Waals surface area (Å²) in [7, 11) is 0. The molecule has 4 nitrogen and oxygen atoms in total. The van der Waals surface area contributed by atoms with Gasteiger partial charge in [0.2, 0.25) is 5.95 Å². The summed E-state index contributed by atoms with van der Waals surface area (Å²) in [6.07, 6.45) is 6.50. The van der Waals surface area contributed by atoms with E-state index in [1.807, 2.05) is 6.07 Å². The average molecular weight is 232 g/mol. The first kappa shape index (κ1) is 13.4. The number of nitrogens with zero attached hydrogens (tertiary/aromatic N) is 3. The number of nitrogens with one attached hydrogen (secondary N) is 1. The second-order valence-corrected chi connectivity index (χ2v) is 4.17. The van der Waals surface area contributed by atoms with Crippen LogP contribution in [-0.2, 0) is 0 Å². The lowest BCUT2D eigenvalue weighted by atomic mass is 9.99. The third kappa shape index (κ3) is 4.81. The lowest BCUT2D eigenvalue weighted by molar-refractivity contribution is 0.472. The van der Waals surface area contributed by atoms with E-state index in [2.05, 4.69) is 29.1 Å². The zero-order valence-electron chi connectivity index (χ0n) is 10.6. The van der Waals surface area contributed by atoms with Crippen molar-refractivity contribution >= 4 is 5.95 Å². The van der Waals surface area contributed by atoms with Crippen molar-refractivity contribution in [3.8, 4) is 6.07 Å². The van der Waals surface area contributed by atoms with Crippen molar-refractivity contribution < 1.29 is 0 Å². The first-order chi connectivity index (χ1) is 8.30. The third-order valence-electron chi connectivity index (χ3n) is 2.86. The van der Waals surface area contributed by atoms with Crippen LogP contribution in [-0.4, -0.2) is 16.5 Å². The van der Waals surface area contributed by atoms with E-state index >= 15 is 0 Å². The van der Waals surface area contributed by atoms with Gasteiger partial charge in [-0.1, -0.05) is 33.1 Å². The molecule has 0 aliphatic heterocycles. The fourth-order valence-electron chi connectivity index (χ4n) is 1.69. The molecule has 0 spiro atoms. The van der Waals surface area contributed by atoms with Gasteiger partial charge in [0.15, 0.2) is 0 Å². The van der Waals surface area contributed by atoms with Gasteiger partial charge in [-0.2, -0.15) is 5.26 Å². The first-order valence-electron chi connectivity index (χ1n) is 6.27. The largest absolute Gasteiger partial charge is 0.354 e. The number of hydrogen-bond donors (Lipinski definition) is 1. The van der Waals surface area contributed by atoms with Gasteiger partial charge < -0.3 is 5.32 Å². The Morgan fingerprint density at radius 1 is 1.47 bits per heavy atom. The molecular weight excluding hydrogens is 212 g/mol. The zero-order chi connectivity index (χ0) is 12.5. The molecule has 0 fully saturated rings. The van der Waals surface area contributed by atoms with Crippen molar-refractivity contribution in [2.75, 3.05) is 11.9 Å². The van der Waals surface area contributed by atoms with Crippen molar-refractivity contribution in [2.45, 2.75) is 39.5 Å². The van der Waals surface area contributed by atoms with E-state index in [1.54, 1.807) is 12.3 Å². The summed E-state index contributed by atoms with van der Waals surface area (Å²) in [6.45, 7) is 5.29. The number of rotatable bonds is 7. The molecule has 0 saturated heterocycles. The molecule has 1 heterocycles. The number of aromatic nitrogens is 2. The number of unbranched alkanes of at least 4 members (excludes halogenated alkanes) is 1. The van der Waals surface area contributed by atoms with E-state index in [1.165, 1.54) is 19.3 Å². The van der Waals surface area contributed by atoms with Gasteiger partial charge in [0, 0.05) is 12.7 Å². The molecule has 1 aromatic rings. The highest BCUT2D eigenvalue weighted by atomic mass is 15.1. The Morgan fingerprint density at radius 3 is 2.94 bits per heavy atom. The summed E-state index contributed by atoms with van der Waals surface area (Å²) in [5.41, 5.74) is 0.407. The molecule has 1 N–H and O–H groups in total. The van der Waals surface area contributed by atoms with E-state index in [-0.39, 0.29) is 0 Å². The molecule has 1 unspecified atom stereocenters. The molecule has 1 rings (SSSR count). The molecule has 0 saturated carbocycles. The quantitative estimate of drug-likeness (QED) is 0.785. The minimum Gasteiger partial charge on any atom is -0.354 e. The standard InChI is InChI=1S/C13H20N4/c1-3-5-6-11(4-2)10-16-13-15-8-7-12(9-14)17-13/h7-8,11H,3-6,10H2,1-2H3,(H,15,16,17). The molecule has 0 aliphatic carbocycles. The Kier molecular flexibility index (Phi) is 6.02. The van der Waals surface area contributed by atoms with Crippen LogP contribution in [0.1, 0.15) is 45.2 Å². The molecule has 0 aliphatic rings. The van der Waals surface area contributed by atoms with Crippen LogP contribution in [0.25, 0.3) is 0 Å². The molecule has 0 radical (unpaired) electrons. The number of anilines is 1. The summed E-state index contributed by atoms with van der Waals surface area (Å²) in [4.78, 5) is 8.19. The normalized spacial score (nSPS) is 11.8. The second-order valence-electron chi connectivity index (χ2n) is 4.17. The molecule has 1 atom stereocenters. The maximum atomic E-state index is 8.73. The van der Waals surface area contributed by atoms with Crippen LogP contribution in [0, 0.1) is 17.2 Å². The van der Waals surface area contributed by atoms with E-state index in [9.17, 15) is 0 Å². The smallest absolute Gasteiger partial charge is 0.223 e. The van der Waals surface area contributed by atoms with Crippen molar-refractivity contribution in [1.29, 1.82) is 5.26 Å². The summed E-state index contributed by atoms with van der Waals surface area (Å²) < 4.78 is 0. The van der Waals surface area contributed by atoms with Gasteiger partial charge in [-0.25, -0.2) is 9.97 Å². The van der Waals surface area contributed by atoms with Crippen molar-refractivity contribution in [1.82, 2.24) is 9.97 Å². The lowest BCUT2D eigenvalue weighted by Crippen LogP contribution is -2.15. The van der Waals surface area contributed by atoms with E-state index in [4.69, 9.17) is 5.26 Å². The van der Waals surface area contributed by atoms with Crippen LogP contribution in [0.2, 0.25) is 0 Å². The van der Waals surface area contributed by atoms with Gasteiger partial charge in [0.1, 0.15) is 11.8 Å². The predicted octanol–water partition coefficient (Wildman–Crippen LogP) is 2.98. The maximum absolute atomic E-state index is 8.73. The topological polar surface area (TPSA) is 61.6 Å². The highest BCUT2D eigenvalue weighted by molar-refractivity contribution is 5.29. The van der Waals surface area contributed by atoms with Crippen LogP contribution in [0.3, 0.4) is 0 Å². The Hall–Kier alpha value is -1.63. The number of nitriles is 1. The summed E-state index contributed by atoms with van der Waals surface area (Å²) in [5, 5.41) is 11.9. The molecule has 0 aromatic carbocycles. The molecule has 4 heteroatoms. The molecule has 1 aromatic heterocycles. The van der Waals surface area contributed by atoms with E-state index in [0.717, 1.165) is 13.0 Å². The molecule has 0 amide bonds. The molecular formula is C13H20N4. The maximum Gasteiger partial charge on any atom is 0.223 e. The van der Waals surface area contributed by atoms with Crippen molar-refractivity contribution in [3.63, 3.8) is 0 Å². The van der Waals surface area contributed by atoms with Crippen LogP contribution in [0.5, 0.6) is 0 Å². The minimum absolute atomic E-state index is 0.407. The lowest BCUT2D eigenvalue weighted by Gasteiger charge is -2.14. The van der Waals surface area contributed by atoms with Gasteiger partial charge in [0.05, 0.1) is 0 Å². The fourth-order valence-corrected chi connectivity index (χ4v) is 1.69. The SMILES string of the molecule is CCCCC(CC)CNc1nccc(C#N)n1. The molecule has 92 valence electrons. The van der Waals surface area contributed by atoms with Crippen LogP contribution in [0.4, 0.5) is 5.95 Å². The molecule has 17 heavy (non-hydrogen) atoms. The predicted molar refractivity (Wildman–Crippen MR) is 68.5 cm³/mol. The van der Waals surface area contributed by atoms with Crippen LogP contribution >= 0.6 is 0 Å². The summed E-state index contributed by atoms with van der Waals surface area (Å²) in [5.74, 6) is 1.21. The summed E-state index contributed by atoms with van der Waals surface area (Å²) in [6, 6.07) is 3.62. The van der Waals surface area contributed by atoms with Gasteiger partial charge in [-0.15, -0.1) is 0 Å². The van der Waals surface area contributed by atoms with E-state index < -0.39 is 0 Å². The Bertz CT molecular complexity index is 370. The van der Waals surface area contributed by atoms with E-state index in [0.29, 0.717) is 17.6 Å². The second kappa shape index (κ2) is 7.61. The van der Waals surface area contributed by atoms with Gasteiger partial charge >= 0.3 is 0 Å². The Balaban J connectivity index is 2.45. The van der Waals surface area contributed by atoms with Crippen molar-refractivity contribution in [2.24, 2.45) is 5.92 Å². The van der Waals surface area contributed by atoms with Gasteiger partial charge in [-0.05, 0) is 18.4 Å².